The standard InChI is InChI=1S/C5H6N2O/c6-7-4-2-1-3-5(7)8/h1-4H,6H2/p+1. The lowest BCUT2D eigenvalue weighted by Gasteiger charge is -1.85. The number of pyridine rings is 1. The third-order valence-corrected chi connectivity index (χ3v) is 0.899. The first-order chi connectivity index (χ1) is 3.80. The predicted molar refractivity (Wildman–Crippen MR) is 29.0 cm³/mol. The molecule has 0 aromatic carbocycles. The average molecular weight is 111 g/mol. The quantitative estimate of drug-likeness (QED) is 0.451. The van der Waals surface area contributed by atoms with Crippen molar-refractivity contribution in [3.63, 3.8) is 0 Å². The molecule has 42 valence electrons. The van der Waals surface area contributed by atoms with E-state index in [2.05, 4.69) is 5.84 Å². The SMILES string of the molecule is [NH3+]n1ccccc1=O. The molecule has 0 spiro atoms. The monoisotopic (exact) mass is 111 g/mol. The van der Waals surface area contributed by atoms with E-state index in [9.17, 15) is 4.79 Å². The van der Waals surface area contributed by atoms with E-state index in [1.807, 2.05) is 0 Å². The van der Waals surface area contributed by atoms with Crippen LogP contribution >= 0.6 is 0 Å². The fraction of sp³-hybridized carbons (Fsp3) is 0. The molecule has 0 aliphatic heterocycles. The van der Waals surface area contributed by atoms with Gasteiger partial charge in [0.15, 0.2) is 0 Å². The summed E-state index contributed by atoms with van der Waals surface area (Å²) in [5, 5.41) is 0. The van der Waals surface area contributed by atoms with Gasteiger partial charge in [-0.25, -0.2) is 5.84 Å². The van der Waals surface area contributed by atoms with E-state index in [0.29, 0.717) is 0 Å². The number of hydrogen-bond donors (Lipinski definition) is 1. The summed E-state index contributed by atoms with van der Waals surface area (Å²) in [6, 6.07) is 4.91. The van der Waals surface area contributed by atoms with Gasteiger partial charge in [-0.15, -0.1) is 0 Å². The van der Waals surface area contributed by atoms with Gasteiger partial charge in [0, 0.05) is 6.07 Å². The van der Waals surface area contributed by atoms with E-state index in [4.69, 9.17) is 0 Å². The maximum Gasteiger partial charge on any atom is 0.295 e. The van der Waals surface area contributed by atoms with E-state index >= 15 is 0 Å². The average Bonchev–Trinajstić information content (AvgIpc) is 1.77. The molecule has 3 N–H and O–H groups in total. The first-order valence-electron chi connectivity index (χ1n) is 2.29. The number of hydrogen-bond acceptors (Lipinski definition) is 1. The van der Waals surface area contributed by atoms with Gasteiger partial charge in [0.25, 0.3) is 5.56 Å². The number of nitrogens with zero attached hydrogens (tertiary/aromatic N) is 1. The summed E-state index contributed by atoms with van der Waals surface area (Å²) in [7, 11) is 0. The van der Waals surface area contributed by atoms with Gasteiger partial charge in [0.05, 0.1) is 6.20 Å². The second-order valence-corrected chi connectivity index (χ2v) is 1.51. The van der Waals surface area contributed by atoms with Crippen LogP contribution in [-0.2, 0) is 0 Å². The Morgan fingerprint density at radius 3 is 2.62 bits per heavy atom. The Hall–Kier alpha value is -1.09. The topological polar surface area (TPSA) is 49.6 Å². The zero-order chi connectivity index (χ0) is 5.98. The second-order valence-electron chi connectivity index (χ2n) is 1.51. The van der Waals surface area contributed by atoms with E-state index in [0.717, 1.165) is 0 Å². The molecule has 0 saturated carbocycles. The van der Waals surface area contributed by atoms with Crippen LogP contribution < -0.4 is 11.4 Å². The van der Waals surface area contributed by atoms with Gasteiger partial charge < -0.3 is 0 Å². The van der Waals surface area contributed by atoms with Crippen LogP contribution in [0.2, 0.25) is 0 Å². The highest BCUT2D eigenvalue weighted by Crippen LogP contribution is 1.69. The summed E-state index contributed by atoms with van der Waals surface area (Å²) in [5.41, 5.74) is -0.0764. The van der Waals surface area contributed by atoms with E-state index < -0.39 is 0 Å². The van der Waals surface area contributed by atoms with Crippen LogP contribution in [0.3, 0.4) is 0 Å². The summed E-state index contributed by atoms with van der Waals surface area (Å²) >= 11 is 0. The Bertz CT molecular complexity index is 228. The fourth-order valence-corrected chi connectivity index (χ4v) is 0.461. The molecule has 0 fully saturated rings. The van der Waals surface area contributed by atoms with E-state index in [-0.39, 0.29) is 5.56 Å². The van der Waals surface area contributed by atoms with Crippen molar-refractivity contribution >= 4 is 0 Å². The predicted octanol–water partition coefficient (Wildman–Crippen LogP) is -1.15. The van der Waals surface area contributed by atoms with Crippen molar-refractivity contribution in [1.82, 2.24) is 4.68 Å². The summed E-state index contributed by atoms with van der Waals surface area (Å²) in [4.78, 5) is 10.5. The first kappa shape index (κ1) is 5.05. The molecule has 0 radical (unpaired) electrons. The molecule has 8 heavy (non-hydrogen) atoms. The van der Waals surface area contributed by atoms with Crippen molar-refractivity contribution in [2.45, 2.75) is 0 Å². The van der Waals surface area contributed by atoms with Crippen molar-refractivity contribution in [1.29, 1.82) is 0 Å². The Morgan fingerprint density at radius 1 is 1.50 bits per heavy atom. The molecule has 0 saturated heterocycles. The van der Waals surface area contributed by atoms with Crippen LogP contribution in [-0.4, -0.2) is 4.68 Å². The minimum Gasteiger partial charge on any atom is -0.264 e. The summed E-state index contributed by atoms with van der Waals surface area (Å²) in [5.74, 6) is 3.42. The Balaban J connectivity index is 3.35. The smallest absolute Gasteiger partial charge is 0.264 e. The Kier molecular flexibility index (Phi) is 1.13. The molecule has 0 amide bonds. The molecule has 1 heterocycles. The van der Waals surface area contributed by atoms with Crippen molar-refractivity contribution in [3.05, 3.63) is 34.7 Å². The van der Waals surface area contributed by atoms with Crippen molar-refractivity contribution in [3.8, 4) is 0 Å². The molecule has 0 aliphatic rings. The van der Waals surface area contributed by atoms with Crippen LogP contribution in [0.5, 0.6) is 0 Å². The molecule has 1 aromatic heterocycles. The normalized spacial score (nSPS) is 9.12. The summed E-state index contributed by atoms with van der Waals surface area (Å²) in [6.07, 6.45) is 1.61. The van der Waals surface area contributed by atoms with Crippen LogP contribution in [0, 0.1) is 0 Å². The molecular weight excluding hydrogens is 104 g/mol. The van der Waals surface area contributed by atoms with Gasteiger partial charge in [0.2, 0.25) is 0 Å². The van der Waals surface area contributed by atoms with Crippen LogP contribution in [0.1, 0.15) is 0 Å². The van der Waals surface area contributed by atoms with E-state index in [1.54, 1.807) is 18.3 Å². The van der Waals surface area contributed by atoms with Gasteiger partial charge in [-0.05, 0) is 6.07 Å². The minimum absolute atomic E-state index is 0.0764. The maximum atomic E-state index is 10.5. The second kappa shape index (κ2) is 1.79. The van der Waals surface area contributed by atoms with Crippen LogP contribution in [0.25, 0.3) is 0 Å². The van der Waals surface area contributed by atoms with Crippen molar-refractivity contribution in [2.24, 2.45) is 0 Å². The zero-order valence-electron chi connectivity index (χ0n) is 4.37. The molecule has 0 unspecified atom stereocenters. The molecule has 0 atom stereocenters. The highest BCUT2D eigenvalue weighted by Gasteiger charge is 1.83. The molecule has 0 bridgehead atoms. The van der Waals surface area contributed by atoms with Crippen LogP contribution in [0.4, 0.5) is 0 Å². The largest absolute Gasteiger partial charge is 0.295 e. The molecular formula is C5H7N2O+. The van der Waals surface area contributed by atoms with Crippen molar-refractivity contribution in [2.75, 3.05) is 0 Å². The van der Waals surface area contributed by atoms with Gasteiger partial charge >= 0.3 is 0 Å². The lowest BCUT2D eigenvalue weighted by Crippen LogP contribution is -2.61. The molecule has 3 heteroatoms. The minimum atomic E-state index is -0.0764. The van der Waals surface area contributed by atoms with Gasteiger partial charge in [0.1, 0.15) is 0 Å². The lowest BCUT2D eigenvalue weighted by molar-refractivity contribution is -0.443. The van der Waals surface area contributed by atoms with Crippen LogP contribution in [0.15, 0.2) is 29.2 Å². The molecule has 1 rings (SSSR count). The lowest BCUT2D eigenvalue weighted by atomic mass is 10.5. The Morgan fingerprint density at radius 2 is 2.25 bits per heavy atom. The van der Waals surface area contributed by atoms with Gasteiger partial charge in [-0.3, -0.25) is 4.79 Å². The number of aromatic nitrogens is 1. The number of quaternary nitrogens is 1. The maximum absolute atomic E-state index is 10.5. The zero-order valence-corrected chi connectivity index (χ0v) is 4.37. The van der Waals surface area contributed by atoms with Crippen molar-refractivity contribution < 1.29 is 5.84 Å². The highest BCUT2D eigenvalue weighted by molar-refractivity contribution is 4.90. The summed E-state index contributed by atoms with van der Waals surface area (Å²) < 4.78 is 1.28. The molecule has 0 aliphatic carbocycles. The first-order valence-corrected chi connectivity index (χ1v) is 2.29. The van der Waals surface area contributed by atoms with Gasteiger partial charge in [-0.2, -0.15) is 4.68 Å². The highest BCUT2D eigenvalue weighted by atomic mass is 16.1. The van der Waals surface area contributed by atoms with Gasteiger partial charge in [-0.1, -0.05) is 6.07 Å². The third-order valence-electron chi connectivity index (χ3n) is 0.899. The number of rotatable bonds is 0. The molecule has 1 aromatic rings. The third kappa shape index (κ3) is 0.764. The molecule has 3 nitrogen and oxygen atoms in total. The Labute approximate surface area is 46.3 Å². The van der Waals surface area contributed by atoms with E-state index in [1.165, 1.54) is 10.7 Å². The summed E-state index contributed by atoms with van der Waals surface area (Å²) in [6.45, 7) is 0. The fourth-order valence-electron chi connectivity index (χ4n) is 0.461.